The molecule has 3 aliphatic rings. The minimum absolute atomic E-state index is 0.0343. The zero-order valence-corrected chi connectivity index (χ0v) is 14.6. The number of carboxylic acids is 1. The number of nitrogens with zero attached hydrogens (tertiary/aromatic N) is 2. The molecule has 3 fully saturated rings. The van der Waals surface area contributed by atoms with Gasteiger partial charge in [0.1, 0.15) is 11.0 Å². The van der Waals surface area contributed by atoms with Crippen LogP contribution in [0.15, 0.2) is 34.9 Å². The fourth-order valence-electron chi connectivity index (χ4n) is 4.66. The van der Waals surface area contributed by atoms with Crippen molar-refractivity contribution >= 4 is 22.8 Å². The van der Waals surface area contributed by atoms with Gasteiger partial charge in [0.15, 0.2) is 0 Å². The van der Waals surface area contributed by atoms with Crippen molar-refractivity contribution < 1.29 is 19.1 Å². The van der Waals surface area contributed by atoms with E-state index in [4.69, 9.17) is 4.42 Å². The molecular weight excluding hydrogens is 332 g/mol. The largest absolute Gasteiger partial charge is 0.481 e. The summed E-state index contributed by atoms with van der Waals surface area (Å²) in [4.78, 5) is 28.9. The molecule has 2 aliphatic heterocycles. The standard InChI is InChI=1S/C20H22N2O4/c23-18-16-10-21(8-14-3-4-17-15(7-14)5-6-26-17)11-20(16,19(24)25)12-22(18)9-13-1-2-13/h3-7,13,16H,1-2,8-12H2,(H,24,25)/t16-,20-/m0/s1. The Morgan fingerprint density at radius 3 is 2.85 bits per heavy atom. The summed E-state index contributed by atoms with van der Waals surface area (Å²) in [6.07, 6.45) is 4.00. The van der Waals surface area contributed by atoms with Gasteiger partial charge < -0.3 is 14.4 Å². The number of fused-ring (bicyclic) bond motifs is 2. The van der Waals surface area contributed by atoms with Gasteiger partial charge in [0.2, 0.25) is 5.91 Å². The Kier molecular flexibility index (Phi) is 3.41. The Bertz CT molecular complexity index is 887. The van der Waals surface area contributed by atoms with E-state index >= 15 is 0 Å². The Morgan fingerprint density at radius 2 is 2.12 bits per heavy atom. The Balaban J connectivity index is 1.35. The summed E-state index contributed by atoms with van der Waals surface area (Å²) < 4.78 is 5.37. The van der Waals surface area contributed by atoms with E-state index in [-0.39, 0.29) is 5.91 Å². The molecule has 1 aliphatic carbocycles. The highest BCUT2D eigenvalue weighted by Gasteiger charge is 2.62. The zero-order chi connectivity index (χ0) is 17.9. The van der Waals surface area contributed by atoms with E-state index in [1.54, 1.807) is 6.26 Å². The van der Waals surface area contributed by atoms with Crippen molar-refractivity contribution in [2.75, 3.05) is 26.2 Å². The van der Waals surface area contributed by atoms with Crippen LogP contribution in [0.3, 0.4) is 0 Å². The number of hydrogen-bond acceptors (Lipinski definition) is 4. The van der Waals surface area contributed by atoms with Gasteiger partial charge in [-0.05, 0) is 42.5 Å². The quantitative estimate of drug-likeness (QED) is 0.891. The molecule has 0 spiro atoms. The Morgan fingerprint density at radius 1 is 1.27 bits per heavy atom. The van der Waals surface area contributed by atoms with Gasteiger partial charge in [-0.1, -0.05) is 6.07 Å². The summed E-state index contributed by atoms with van der Waals surface area (Å²) in [5, 5.41) is 11.0. The first-order chi connectivity index (χ1) is 12.5. The van der Waals surface area contributed by atoms with Crippen LogP contribution < -0.4 is 0 Å². The van der Waals surface area contributed by atoms with Crippen LogP contribution >= 0.6 is 0 Å². The number of carboxylic acid groups (broad SMARTS) is 1. The van der Waals surface area contributed by atoms with Crippen LogP contribution in [0.5, 0.6) is 0 Å². The van der Waals surface area contributed by atoms with Gasteiger partial charge in [0.05, 0.1) is 12.2 Å². The SMILES string of the molecule is O=C1[C@@H]2CN(Cc3ccc4occc4c3)C[C@]2(C(=O)O)CN1CC1CC1. The molecule has 6 heteroatoms. The molecule has 26 heavy (non-hydrogen) atoms. The minimum atomic E-state index is -0.953. The lowest BCUT2D eigenvalue weighted by Crippen LogP contribution is -2.41. The van der Waals surface area contributed by atoms with E-state index in [0.29, 0.717) is 32.1 Å². The van der Waals surface area contributed by atoms with Gasteiger partial charge in [-0.2, -0.15) is 0 Å². The Hall–Kier alpha value is -2.34. The molecule has 136 valence electrons. The van der Waals surface area contributed by atoms with E-state index in [9.17, 15) is 14.7 Å². The maximum Gasteiger partial charge on any atom is 0.313 e. The van der Waals surface area contributed by atoms with Crippen molar-refractivity contribution in [1.29, 1.82) is 0 Å². The van der Waals surface area contributed by atoms with Crippen LogP contribution in [0, 0.1) is 17.3 Å². The number of rotatable bonds is 5. The van der Waals surface area contributed by atoms with E-state index in [1.807, 2.05) is 23.1 Å². The number of furan rings is 1. The molecule has 0 radical (unpaired) electrons. The minimum Gasteiger partial charge on any atom is -0.481 e. The van der Waals surface area contributed by atoms with Crippen molar-refractivity contribution in [3.63, 3.8) is 0 Å². The number of carbonyl (C=O) groups is 2. The van der Waals surface area contributed by atoms with Crippen molar-refractivity contribution in [3.8, 4) is 0 Å². The van der Waals surface area contributed by atoms with Gasteiger partial charge in [0.25, 0.3) is 0 Å². The van der Waals surface area contributed by atoms with Crippen LogP contribution in [0.1, 0.15) is 18.4 Å². The molecule has 6 nitrogen and oxygen atoms in total. The lowest BCUT2D eigenvalue weighted by molar-refractivity contribution is -0.149. The van der Waals surface area contributed by atoms with Crippen LogP contribution in [-0.4, -0.2) is 53.0 Å². The molecule has 3 heterocycles. The first kappa shape index (κ1) is 15.9. The summed E-state index contributed by atoms with van der Waals surface area (Å²) in [5.41, 5.74) is 1.01. The van der Waals surface area contributed by atoms with Gasteiger partial charge in [0, 0.05) is 38.1 Å². The third-order valence-electron chi connectivity index (χ3n) is 6.22. The molecule has 1 aromatic carbocycles. The zero-order valence-electron chi connectivity index (χ0n) is 14.6. The number of hydrogen-bond donors (Lipinski definition) is 1. The molecule has 1 aromatic heterocycles. The summed E-state index contributed by atoms with van der Waals surface area (Å²) >= 11 is 0. The first-order valence-corrected chi connectivity index (χ1v) is 9.26. The molecule has 1 saturated carbocycles. The first-order valence-electron chi connectivity index (χ1n) is 9.26. The van der Waals surface area contributed by atoms with Gasteiger partial charge in [-0.3, -0.25) is 14.5 Å². The second-order valence-corrected chi connectivity index (χ2v) is 8.14. The highest BCUT2D eigenvalue weighted by Crippen LogP contribution is 2.45. The van der Waals surface area contributed by atoms with Crippen molar-refractivity contribution in [2.24, 2.45) is 17.3 Å². The summed E-state index contributed by atoms with van der Waals surface area (Å²) in [6, 6.07) is 7.95. The molecule has 1 N–H and O–H groups in total. The highest BCUT2D eigenvalue weighted by atomic mass is 16.4. The molecule has 1 amide bonds. The lowest BCUT2D eigenvalue weighted by Gasteiger charge is -2.25. The molecule has 0 bridgehead atoms. The van der Waals surface area contributed by atoms with Crippen LogP contribution in [-0.2, 0) is 16.1 Å². The van der Waals surface area contributed by atoms with E-state index in [2.05, 4.69) is 11.0 Å². The maximum absolute atomic E-state index is 12.8. The number of benzene rings is 1. The normalized spacial score (nSPS) is 28.8. The van der Waals surface area contributed by atoms with Crippen molar-refractivity contribution in [2.45, 2.75) is 19.4 Å². The number of aliphatic carboxylic acids is 1. The average Bonchev–Trinajstić information content (AvgIpc) is 3.07. The van der Waals surface area contributed by atoms with E-state index < -0.39 is 17.3 Å². The molecular formula is C20H22N2O4. The van der Waals surface area contributed by atoms with Crippen LogP contribution in [0.25, 0.3) is 11.0 Å². The lowest BCUT2D eigenvalue weighted by atomic mass is 9.81. The maximum atomic E-state index is 12.8. The van der Waals surface area contributed by atoms with Crippen LogP contribution in [0.4, 0.5) is 0 Å². The second kappa shape index (κ2) is 5.58. The Labute approximate surface area is 151 Å². The third-order valence-corrected chi connectivity index (χ3v) is 6.22. The molecule has 2 saturated heterocycles. The number of amides is 1. The molecule has 5 rings (SSSR count). The summed E-state index contributed by atoms with van der Waals surface area (Å²) in [7, 11) is 0. The number of likely N-dealkylation sites (tertiary alicyclic amines) is 2. The molecule has 2 atom stereocenters. The smallest absolute Gasteiger partial charge is 0.313 e. The fourth-order valence-corrected chi connectivity index (χ4v) is 4.66. The molecule has 2 aromatic rings. The predicted molar refractivity (Wildman–Crippen MR) is 94.4 cm³/mol. The summed E-state index contributed by atoms with van der Waals surface area (Å²) in [6.45, 7) is 2.71. The second-order valence-electron chi connectivity index (χ2n) is 8.14. The number of carbonyl (C=O) groups excluding carboxylic acids is 1. The monoisotopic (exact) mass is 354 g/mol. The fraction of sp³-hybridized carbons (Fsp3) is 0.500. The molecule has 0 unspecified atom stereocenters. The average molecular weight is 354 g/mol. The topological polar surface area (TPSA) is 74.0 Å². The van der Waals surface area contributed by atoms with Gasteiger partial charge >= 0.3 is 5.97 Å². The van der Waals surface area contributed by atoms with Crippen LogP contribution in [0.2, 0.25) is 0 Å². The van der Waals surface area contributed by atoms with Crippen molar-refractivity contribution in [1.82, 2.24) is 9.80 Å². The highest BCUT2D eigenvalue weighted by molar-refractivity contribution is 5.92. The summed E-state index contributed by atoms with van der Waals surface area (Å²) in [5.74, 6) is -0.633. The van der Waals surface area contributed by atoms with Gasteiger partial charge in [-0.25, -0.2) is 0 Å². The van der Waals surface area contributed by atoms with E-state index in [1.165, 1.54) is 0 Å². The third kappa shape index (κ3) is 2.43. The van der Waals surface area contributed by atoms with Gasteiger partial charge in [-0.15, -0.1) is 0 Å². The van der Waals surface area contributed by atoms with Crippen molar-refractivity contribution in [3.05, 3.63) is 36.1 Å². The predicted octanol–water partition coefficient (Wildman–Crippen LogP) is 2.19. The van der Waals surface area contributed by atoms with E-state index in [0.717, 1.165) is 35.9 Å².